The Morgan fingerprint density at radius 3 is 2.78 bits per heavy atom. The third-order valence-electron chi connectivity index (χ3n) is 2.55. The van der Waals surface area contributed by atoms with Gasteiger partial charge in [0.1, 0.15) is 5.69 Å². The van der Waals surface area contributed by atoms with Crippen LogP contribution in [0.5, 0.6) is 0 Å². The molecule has 1 unspecified atom stereocenters. The van der Waals surface area contributed by atoms with Crippen molar-refractivity contribution in [2.24, 2.45) is 0 Å². The maximum atomic E-state index is 11.9. The van der Waals surface area contributed by atoms with Gasteiger partial charge in [-0.1, -0.05) is 29.8 Å². The molecular formula is C13H13ClN2O2. The number of H-pyrrole nitrogens is 1. The van der Waals surface area contributed by atoms with Crippen LogP contribution < -0.4 is 5.32 Å². The number of aliphatic hydroxyl groups is 1. The third kappa shape index (κ3) is 2.72. The molecule has 3 N–H and O–H groups in total. The Balaban J connectivity index is 2.22. The van der Waals surface area contributed by atoms with E-state index >= 15 is 0 Å². The maximum absolute atomic E-state index is 11.9. The van der Waals surface area contributed by atoms with Crippen molar-refractivity contribution in [2.45, 2.75) is 13.0 Å². The summed E-state index contributed by atoms with van der Waals surface area (Å²) in [6.07, 6.45) is 0.894. The zero-order valence-electron chi connectivity index (χ0n) is 9.77. The molecule has 0 aliphatic carbocycles. The highest BCUT2D eigenvalue weighted by Crippen LogP contribution is 2.22. The first-order valence-electron chi connectivity index (χ1n) is 5.50. The number of carbonyl (C=O) groups excluding carboxylic acids is 1. The van der Waals surface area contributed by atoms with Gasteiger partial charge in [-0.15, -0.1) is 0 Å². The summed E-state index contributed by atoms with van der Waals surface area (Å²) in [6.45, 7) is 1.65. The Labute approximate surface area is 110 Å². The van der Waals surface area contributed by atoms with Crippen LogP contribution in [-0.2, 0) is 0 Å². The number of hydrogen-bond donors (Lipinski definition) is 3. The molecule has 0 radical (unpaired) electrons. The van der Waals surface area contributed by atoms with Gasteiger partial charge < -0.3 is 15.4 Å². The standard InChI is InChI=1S/C13H13ClN2O2/c1-8(17)10-4-2-3-5-11(10)16-13(18)12-6-9(14)7-15-12/h2-8,15,17H,1H3,(H,16,18). The summed E-state index contributed by atoms with van der Waals surface area (Å²) in [5, 5.41) is 12.8. The van der Waals surface area contributed by atoms with Crippen LogP contribution in [0.2, 0.25) is 5.02 Å². The van der Waals surface area contributed by atoms with Crippen LogP contribution in [0.15, 0.2) is 36.5 Å². The number of carbonyl (C=O) groups is 1. The quantitative estimate of drug-likeness (QED) is 0.798. The molecule has 1 aromatic carbocycles. The lowest BCUT2D eigenvalue weighted by Crippen LogP contribution is -2.14. The average Bonchev–Trinajstić information content (AvgIpc) is 2.76. The van der Waals surface area contributed by atoms with Gasteiger partial charge in [0.25, 0.3) is 5.91 Å². The molecule has 4 nitrogen and oxygen atoms in total. The summed E-state index contributed by atoms with van der Waals surface area (Å²) in [5.41, 5.74) is 1.63. The van der Waals surface area contributed by atoms with E-state index in [4.69, 9.17) is 11.6 Å². The number of halogens is 1. The SMILES string of the molecule is CC(O)c1ccccc1NC(=O)c1cc(Cl)c[nH]1. The highest BCUT2D eigenvalue weighted by Gasteiger charge is 2.12. The molecule has 0 saturated carbocycles. The molecule has 1 heterocycles. The number of nitrogens with one attached hydrogen (secondary N) is 2. The van der Waals surface area contributed by atoms with Gasteiger partial charge >= 0.3 is 0 Å². The van der Waals surface area contributed by atoms with Gasteiger partial charge in [-0.2, -0.15) is 0 Å². The molecule has 1 aromatic heterocycles. The van der Waals surface area contributed by atoms with E-state index in [1.807, 2.05) is 6.07 Å². The van der Waals surface area contributed by atoms with Gasteiger partial charge in [-0.05, 0) is 19.1 Å². The van der Waals surface area contributed by atoms with Crippen LogP contribution in [0, 0.1) is 0 Å². The molecule has 0 saturated heterocycles. The zero-order chi connectivity index (χ0) is 13.1. The van der Waals surface area contributed by atoms with Crippen LogP contribution in [-0.4, -0.2) is 16.0 Å². The monoisotopic (exact) mass is 264 g/mol. The Morgan fingerprint density at radius 1 is 1.44 bits per heavy atom. The van der Waals surface area contributed by atoms with Crippen LogP contribution in [0.3, 0.4) is 0 Å². The second-order valence-corrected chi connectivity index (χ2v) is 4.39. The predicted molar refractivity (Wildman–Crippen MR) is 70.8 cm³/mol. The normalized spacial score (nSPS) is 12.2. The number of aromatic nitrogens is 1. The number of benzene rings is 1. The minimum absolute atomic E-state index is 0.296. The van der Waals surface area contributed by atoms with Crippen molar-refractivity contribution in [1.29, 1.82) is 0 Å². The summed E-state index contributed by atoms with van der Waals surface area (Å²) < 4.78 is 0. The van der Waals surface area contributed by atoms with Crippen molar-refractivity contribution in [3.63, 3.8) is 0 Å². The first-order chi connectivity index (χ1) is 8.58. The lowest BCUT2D eigenvalue weighted by atomic mass is 10.1. The van der Waals surface area contributed by atoms with Crippen molar-refractivity contribution in [3.8, 4) is 0 Å². The summed E-state index contributed by atoms with van der Waals surface area (Å²) in [5.74, 6) is -0.296. The van der Waals surface area contributed by atoms with E-state index in [0.29, 0.717) is 22.0 Å². The van der Waals surface area contributed by atoms with Crippen molar-refractivity contribution in [1.82, 2.24) is 4.98 Å². The minimum atomic E-state index is -0.645. The van der Waals surface area contributed by atoms with E-state index in [0.717, 1.165) is 0 Å². The number of amides is 1. The van der Waals surface area contributed by atoms with Crippen molar-refractivity contribution < 1.29 is 9.90 Å². The van der Waals surface area contributed by atoms with E-state index in [1.54, 1.807) is 31.2 Å². The van der Waals surface area contributed by atoms with Gasteiger partial charge in [0.2, 0.25) is 0 Å². The van der Waals surface area contributed by atoms with Gasteiger partial charge in [0, 0.05) is 17.4 Å². The van der Waals surface area contributed by atoms with E-state index in [1.165, 1.54) is 6.20 Å². The lowest BCUT2D eigenvalue weighted by molar-refractivity contribution is 0.102. The molecule has 0 fully saturated rings. The number of rotatable bonds is 3. The van der Waals surface area contributed by atoms with Gasteiger partial charge in [0.05, 0.1) is 11.1 Å². The van der Waals surface area contributed by atoms with E-state index < -0.39 is 6.10 Å². The fourth-order valence-corrected chi connectivity index (χ4v) is 1.83. The Kier molecular flexibility index (Phi) is 3.69. The van der Waals surface area contributed by atoms with E-state index in [9.17, 15) is 9.90 Å². The molecule has 5 heteroatoms. The predicted octanol–water partition coefficient (Wildman–Crippen LogP) is 2.97. The Hall–Kier alpha value is -1.78. The smallest absolute Gasteiger partial charge is 0.272 e. The molecule has 0 bridgehead atoms. The summed E-state index contributed by atoms with van der Waals surface area (Å²) in [6, 6.07) is 8.65. The molecule has 18 heavy (non-hydrogen) atoms. The molecule has 1 atom stereocenters. The highest BCUT2D eigenvalue weighted by molar-refractivity contribution is 6.31. The number of para-hydroxylation sites is 1. The number of aliphatic hydroxyl groups excluding tert-OH is 1. The highest BCUT2D eigenvalue weighted by atomic mass is 35.5. The van der Waals surface area contributed by atoms with Crippen molar-refractivity contribution >= 4 is 23.2 Å². The maximum Gasteiger partial charge on any atom is 0.272 e. The minimum Gasteiger partial charge on any atom is -0.389 e. The number of hydrogen-bond acceptors (Lipinski definition) is 2. The van der Waals surface area contributed by atoms with E-state index in [-0.39, 0.29) is 5.91 Å². The second kappa shape index (κ2) is 5.25. The zero-order valence-corrected chi connectivity index (χ0v) is 10.5. The van der Waals surface area contributed by atoms with Gasteiger partial charge in [-0.25, -0.2) is 0 Å². The first kappa shape index (κ1) is 12.7. The summed E-state index contributed by atoms with van der Waals surface area (Å²) >= 11 is 5.74. The van der Waals surface area contributed by atoms with Gasteiger partial charge in [0.15, 0.2) is 0 Å². The lowest BCUT2D eigenvalue weighted by Gasteiger charge is -2.12. The number of aromatic amines is 1. The largest absolute Gasteiger partial charge is 0.389 e. The van der Waals surface area contributed by atoms with E-state index in [2.05, 4.69) is 10.3 Å². The second-order valence-electron chi connectivity index (χ2n) is 3.95. The Bertz CT molecular complexity index is 564. The van der Waals surface area contributed by atoms with Crippen LogP contribution in [0.25, 0.3) is 0 Å². The van der Waals surface area contributed by atoms with Crippen LogP contribution in [0.4, 0.5) is 5.69 Å². The summed E-state index contributed by atoms with van der Waals surface area (Å²) in [4.78, 5) is 14.7. The van der Waals surface area contributed by atoms with Crippen LogP contribution in [0.1, 0.15) is 29.1 Å². The van der Waals surface area contributed by atoms with Crippen LogP contribution >= 0.6 is 11.6 Å². The molecular weight excluding hydrogens is 252 g/mol. The first-order valence-corrected chi connectivity index (χ1v) is 5.88. The number of anilines is 1. The molecule has 2 aromatic rings. The molecule has 0 spiro atoms. The topological polar surface area (TPSA) is 65.1 Å². The Morgan fingerprint density at radius 2 is 2.17 bits per heavy atom. The van der Waals surface area contributed by atoms with Gasteiger partial charge in [-0.3, -0.25) is 4.79 Å². The van der Waals surface area contributed by atoms with Crippen molar-refractivity contribution in [3.05, 3.63) is 52.8 Å². The molecule has 0 aliphatic heterocycles. The molecule has 2 rings (SSSR count). The fraction of sp³-hybridized carbons (Fsp3) is 0.154. The average molecular weight is 265 g/mol. The molecule has 0 aliphatic rings. The third-order valence-corrected chi connectivity index (χ3v) is 2.77. The van der Waals surface area contributed by atoms with Crippen molar-refractivity contribution in [2.75, 3.05) is 5.32 Å². The molecule has 1 amide bonds. The summed E-state index contributed by atoms with van der Waals surface area (Å²) in [7, 11) is 0. The fourth-order valence-electron chi connectivity index (χ4n) is 1.66. The molecule has 94 valence electrons.